The summed E-state index contributed by atoms with van der Waals surface area (Å²) in [6, 6.07) is 6.94. The van der Waals surface area contributed by atoms with Crippen LogP contribution >= 0.6 is 0 Å². The second-order valence-electron chi connectivity index (χ2n) is 5.66. The van der Waals surface area contributed by atoms with E-state index in [1.54, 1.807) is 24.3 Å². The first-order valence-corrected chi connectivity index (χ1v) is 7.61. The molecule has 0 aliphatic heterocycles. The van der Waals surface area contributed by atoms with Gasteiger partial charge in [-0.15, -0.1) is 0 Å². The normalized spacial score (nSPS) is 20.8. The van der Waals surface area contributed by atoms with E-state index in [-0.39, 0.29) is 12.1 Å². The fourth-order valence-electron chi connectivity index (χ4n) is 2.71. The van der Waals surface area contributed by atoms with E-state index in [4.69, 9.17) is 0 Å². The molecule has 6 nitrogen and oxygen atoms in total. The number of urea groups is 1. The first-order valence-electron chi connectivity index (χ1n) is 7.61. The van der Waals surface area contributed by atoms with Crippen LogP contribution in [0.15, 0.2) is 24.3 Å². The maximum atomic E-state index is 12.1. The number of carbonyl (C=O) groups excluding carboxylic acids is 2. The van der Waals surface area contributed by atoms with Gasteiger partial charge >= 0.3 is 12.1 Å². The van der Waals surface area contributed by atoms with Crippen LogP contribution in [0.4, 0.5) is 21.0 Å². The van der Waals surface area contributed by atoms with Gasteiger partial charge in [0.15, 0.2) is 0 Å². The van der Waals surface area contributed by atoms with Crippen molar-refractivity contribution in [2.75, 3.05) is 17.7 Å². The molecule has 0 spiro atoms. The molecule has 3 N–H and O–H groups in total. The van der Waals surface area contributed by atoms with Crippen molar-refractivity contribution in [1.29, 1.82) is 0 Å². The van der Waals surface area contributed by atoms with Crippen molar-refractivity contribution in [1.82, 2.24) is 5.32 Å². The summed E-state index contributed by atoms with van der Waals surface area (Å²) in [6.07, 6.45) is 4.04. The Bertz CT molecular complexity index is 533. The van der Waals surface area contributed by atoms with Gasteiger partial charge < -0.3 is 15.4 Å². The molecule has 1 fully saturated rings. The molecule has 0 bridgehead atoms. The van der Waals surface area contributed by atoms with Crippen LogP contribution in [0.5, 0.6) is 0 Å². The van der Waals surface area contributed by atoms with Crippen molar-refractivity contribution >= 4 is 23.5 Å². The van der Waals surface area contributed by atoms with Gasteiger partial charge in [0, 0.05) is 17.4 Å². The molecule has 2 rings (SSSR count). The van der Waals surface area contributed by atoms with E-state index in [1.165, 1.54) is 13.5 Å². The van der Waals surface area contributed by atoms with Crippen molar-refractivity contribution < 1.29 is 14.3 Å². The van der Waals surface area contributed by atoms with Crippen molar-refractivity contribution in [3.05, 3.63) is 24.3 Å². The van der Waals surface area contributed by atoms with E-state index < -0.39 is 6.09 Å². The van der Waals surface area contributed by atoms with Crippen LogP contribution in [0.3, 0.4) is 0 Å². The number of hydrogen-bond donors (Lipinski definition) is 3. The van der Waals surface area contributed by atoms with Gasteiger partial charge in [0.25, 0.3) is 0 Å². The van der Waals surface area contributed by atoms with Crippen LogP contribution in [0, 0.1) is 5.92 Å². The minimum Gasteiger partial charge on any atom is -0.453 e. The molecule has 0 aromatic heterocycles. The number of amides is 3. The molecule has 6 heteroatoms. The molecule has 0 heterocycles. The lowest BCUT2D eigenvalue weighted by Crippen LogP contribution is -2.43. The monoisotopic (exact) mass is 305 g/mol. The largest absolute Gasteiger partial charge is 0.453 e. The molecule has 1 aromatic carbocycles. The van der Waals surface area contributed by atoms with Gasteiger partial charge in [0.2, 0.25) is 0 Å². The third kappa shape index (κ3) is 4.65. The second kappa shape index (κ2) is 7.68. The Morgan fingerprint density at radius 1 is 1.14 bits per heavy atom. The zero-order chi connectivity index (χ0) is 15.9. The van der Waals surface area contributed by atoms with E-state index in [0.717, 1.165) is 19.3 Å². The van der Waals surface area contributed by atoms with Crippen LogP contribution < -0.4 is 16.0 Å². The van der Waals surface area contributed by atoms with E-state index in [9.17, 15) is 9.59 Å². The van der Waals surface area contributed by atoms with Crippen molar-refractivity contribution in [3.8, 4) is 0 Å². The standard InChI is InChI=1S/C16H23N3O3/c1-11-6-3-4-9-14(11)19-15(20)17-12-7-5-8-13(10-12)18-16(21)22-2/h5,7-8,10-11,14H,3-4,6,9H2,1-2H3,(H,18,21)(H2,17,19,20). The summed E-state index contributed by atoms with van der Waals surface area (Å²) in [6.45, 7) is 2.17. The van der Waals surface area contributed by atoms with Gasteiger partial charge in [-0.1, -0.05) is 25.8 Å². The average Bonchev–Trinajstić information content (AvgIpc) is 2.50. The SMILES string of the molecule is COC(=O)Nc1cccc(NC(=O)NC2CCCCC2C)c1. The molecule has 3 amide bonds. The van der Waals surface area contributed by atoms with Crippen molar-refractivity contribution in [2.24, 2.45) is 5.92 Å². The summed E-state index contributed by atoms with van der Waals surface area (Å²) >= 11 is 0. The summed E-state index contributed by atoms with van der Waals surface area (Å²) in [5, 5.41) is 8.39. The average molecular weight is 305 g/mol. The number of benzene rings is 1. The molecule has 0 saturated heterocycles. The van der Waals surface area contributed by atoms with Gasteiger partial charge in [-0.05, 0) is 37.0 Å². The lowest BCUT2D eigenvalue weighted by atomic mass is 9.86. The van der Waals surface area contributed by atoms with E-state index >= 15 is 0 Å². The maximum Gasteiger partial charge on any atom is 0.411 e. The van der Waals surface area contributed by atoms with Crippen molar-refractivity contribution in [2.45, 2.75) is 38.6 Å². The third-order valence-electron chi connectivity index (χ3n) is 3.98. The Balaban J connectivity index is 1.90. The van der Waals surface area contributed by atoms with E-state index in [1.807, 2.05) is 0 Å². The van der Waals surface area contributed by atoms with Gasteiger partial charge in [0.05, 0.1) is 7.11 Å². The summed E-state index contributed by atoms with van der Waals surface area (Å²) < 4.78 is 4.54. The predicted molar refractivity (Wildman–Crippen MR) is 86.0 cm³/mol. The fourth-order valence-corrected chi connectivity index (χ4v) is 2.71. The summed E-state index contributed by atoms with van der Waals surface area (Å²) in [5.74, 6) is 0.506. The van der Waals surface area contributed by atoms with E-state index in [2.05, 4.69) is 27.6 Å². The quantitative estimate of drug-likeness (QED) is 0.798. The first kappa shape index (κ1) is 16.1. The molecule has 1 aliphatic carbocycles. The number of methoxy groups -OCH3 is 1. The summed E-state index contributed by atoms with van der Waals surface area (Å²) in [4.78, 5) is 23.3. The first-order chi connectivity index (χ1) is 10.6. The number of rotatable bonds is 3. The van der Waals surface area contributed by atoms with Crippen molar-refractivity contribution in [3.63, 3.8) is 0 Å². The Morgan fingerprint density at radius 2 is 1.82 bits per heavy atom. The number of ether oxygens (including phenoxy) is 1. The molecule has 2 unspecified atom stereocenters. The zero-order valence-corrected chi connectivity index (χ0v) is 13.0. The predicted octanol–water partition coefficient (Wildman–Crippen LogP) is 3.57. The Morgan fingerprint density at radius 3 is 2.50 bits per heavy atom. The molecule has 120 valence electrons. The minimum atomic E-state index is -0.544. The second-order valence-corrected chi connectivity index (χ2v) is 5.66. The molecular formula is C16H23N3O3. The number of anilines is 2. The molecule has 1 aliphatic rings. The van der Waals surface area contributed by atoms with Gasteiger partial charge in [-0.25, -0.2) is 9.59 Å². The molecule has 2 atom stereocenters. The lowest BCUT2D eigenvalue weighted by Gasteiger charge is -2.29. The maximum absolute atomic E-state index is 12.1. The smallest absolute Gasteiger partial charge is 0.411 e. The molecule has 1 saturated carbocycles. The highest BCUT2D eigenvalue weighted by atomic mass is 16.5. The third-order valence-corrected chi connectivity index (χ3v) is 3.98. The molecular weight excluding hydrogens is 282 g/mol. The Kier molecular flexibility index (Phi) is 5.63. The number of carbonyl (C=O) groups is 2. The van der Waals surface area contributed by atoms with Gasteiger partial charge in [-0.3, -0.25) is 5.32 Å². The highest BCUT2D eigenvalue weighted by molar-refractivity contribution is 5.91. The molecule has 0 radical (unpaired) electrons. The summed E-state index contributed by atoms with van der Waals surface area (Å²) in [7, 11) is 1.30. The van der Waals surface area contributed by atoms with Gasteiger partial charge in [-0.2, -0.15) is 0 Å². The lowest BCUT2D eigenvalue weighted by molar-refractivity contribution is 0.187. The van der Waals surface area contributed by atoms with Crippen LogP contribution in [0.25, 0.3) is 0 Å². The number of hydrogen-bond acceptors (Lipinski definition) is 3. The highest BCUT2D eigenvalue weighted by Crippen LogP contribution is 2.24. The minimum absolute atomic E-state index is 0.214. The molecule has 1 aromatic rings. The van der Waals surface area contributed by atoms with Crippen LogP contribution in [0.2, 0.25) is 0 Å². The zero-order valence-electron chi connectivity index (χ0n) is 13.0. The Hall–Kier alpha value is -2.24. The van der Waals surface area contributed by atoms with Crippen LogP contribution in [0.1, 0.15) is 32.6 Å². The topological polar surface area (TPSA) is 79.5 Å². The Labute approximate surface area is 130 Å². The van der Waals surface area contributed by atoms with Gasteiger partial charge in [0.1, 0.15) is 0 Å². The summed E-state index contributed by atoms with van der Waals surface area (Å²) in [5.41, 5.74) is 1.19. The van der Waals surface area contributed by atoms with Crippen LogP contribution in [-0.2, 0) is 4.74 Å². The molecule has 22 heavy (non-hydrogen) atoms. The highest BCUT2D eigenvalue weighted by Gasteiger charge is 2.22. The fraction of sp³-hybridized carbons (Fsp3) is 0.500. The van der Waals surface area contributed by atoms with Crippen LogP contribution in [-0.4, -0.2) is 25.3 Å². The number of nitrogens with one attached hydrogen (secondary N) is 3. The van der Waals surface area contributed by atoms with E-state index in [0.29, 0.717) is 17.3 Å².